The fourth-order valence-electron chi connectivity index (χ4n) is 0.982. The maximum absolute atomic E-state index is 10.8. The molecule has 0 saturated heterocycles. The van der Waals surface area contributed by atoms with Gasteiger partial charge in [-0.2, -0.15) is 8.42 Å². The third-order valence-corrected chi connectivity index (χ3v) is 3.03. The van der Waals surface area contributed by atoms with Crippen LogP contribution in [0.25, 0.3) is 0 Å². The second kappa shape index (κ2) is 5.11. The van der Waals surface area contributed by atoms with Crippen molar-refractivity contribution in [3.8, 4) is 5.75 Å². The molecular weight excluding hydrogens is 218 g/mol. The molecule has 0 amide bonds. The van der Waals surface area contributed by atoms with E-state index >= 15 is 0 Å². The number of ether oxygens (including phenoxy) is 1. The predicted octanol–water partition coefficient (Wildman–Crippen LogP) is 0.280. The summed E-state index contributed by atoms with van der Waals surface area (Å²) in [4.78, 5) is 0. The van der Waals surface area contributed by atoms with E-state index in [4.69, 9.17) is 15.0 Å². The molecule has 0 aliphatic heterocycles. The van der Waals surface area contributed by atoms with Crippen LogP contribution in [0.2, 0.25) is 0 Å². The topological polar surface area (TPSA) is 89.6 Å². The molecule has 0 fully saturated rings. The van der Waals surface area contributed by atoms with E-state index in [1.165, 1.54) is 0 Å². The van der Waals surface area contributed by atoms with Crippen molar-refractivity contribution < 1.29 is 17.7 Å². The Hall–Kier alpha value is -1.11. The van der Waals surface area contributed by atoms with E-state index in [0.29, 0.717) is 5.75 Å². The fraction of sp³-hybridized carbons (Fsp3) is 0.333. The minimum absolute atomic E-state index is 0.153. The maximum atomic E-state index is 10.8. The highest BCUT2D eigenvalue weighted by Crippen LogP contribution is 2.09. The Labute approximate surface area is 88.6 Å². The highest BCUT2D eigenvalue weighted by Gasteiger charge is 2.21. The number of nitrogens with two attached hydrogens (primary N) is 1. The van der Waals surface area contributed by atoms with Gasteiger partial charge in [0.15, 0.2) is 0 Å². The Morgan fingerprint density at radius 2 is 1.93 bits per heavy atom. The summed E-state index contributed by atoms with van der Waals surface area (Å²) in [5.41, 5.74) is 5.20. The third kappa shape index (κ3) is 3.86. The molecule has 0 heterocycles. The number of hydrogen-bond acceptors (Lipinski definition) is 4. The van der Waals surface area contributed by atoms with Gasteiger partial charge in [-0.15, -0.1) is 0 Å². The van der Waals surface area contributed by atoms with Crippen LogP contribution in [-0.2, 0) is 10.1 Å². The summed E-state index contributed by atoms with van der Waals surface area (Å²) in [6.45, 7) is -0.328. The second-order valence-corrected chi connectivity index (χ2v) is 4.69. The molecule has 1 unspecified atom stereocenters. The third-order valence-electron chi connectivity index (χ3n) is 1.86. The second-order valence-electron chi connectivity index (χ2n) is 3.00. The zero-order valence-electron chi connectivity index (χ0n) is 8.04. The van der Waals surface area contributed by atoms with Crippen LogP contribution in [0, 0.1) is 0 Å². The highest BCUT2D eigenvalue weighted by atomic mass is 32.2. The Morgan fingerprint density at radius 3 is 2.40 bits per heavy atom. The molecule has 1 aromatic rings. The van der Waals surface area contributed by atoms with Crippen molar-refractivity contribution in [2.45, 2.75) is 5.25 Å². The van der Waals surface area contributed by atoms with Crippen molar-refractivity contribution in [1.29, 1.82) is 0 Å². The zero-order chi connectivity index (χ0) is 11.3. The van der Waals surface area contributed by atoms with E-state index in [1.54, 1.807) is 24.3 Å². The smallest absolute Gasteiger partial charge is 0.272 e. The number of para-hydroxylation sites is 1. The first kappa shape index (κ1) is 12.0. The standard InChI is InChI=1S/C9H13NO4S/c10-6-9(15(11,12)13)7-14-8-4-2-1-3-5-8/h1-5,9H,6-7,10H2,(H,11,12,13). The van der Waals surface area contributed by atoms with E-state index in [1.807, 2.05) is 6.07 Å². The Bertz CT molecular complexity index is 390. The monoisotopic (exact) mass is 231 g/mol. The van der Waals surface area contributed by atoms with Crippen molar-refractivity contribution in [2.24, 2.45) is 5.73 Å². The van der Waals surface area contributed by atoms with Gasteiger partial charge in [0.05, 0.1) is 0 Å². The van der Waals surface area contributed by atoms with Gasteiger partial charge in [-0.05, 0) is 12.1 Å². The summed E-state index contributed by atoms with van der Waals surface area (Å²) in [6, 6.07) is 8.73. The first-order valence-corrected chi connectivity index (χ1v) is 5.88. The van der Waals surface area contributed by atoms with Gasteiger partial charge in [-0.1, -0.05) is 18.2 Å². The lowest BCUT2D eigenvalue weighted by Gasteiger charge is -2.12. The van der Waals surface area contributed by atoms with Crippen LogP contribution < -0.4 is 10.5 Å². The lowest BCUT2D eigenvalue weighted by Crippen LogP contribution is -2.34. The van der Waals surface area contributed by atoms with E-state index in [0.717, 1.165) is 0 Å². The van der Waals surface area contributed by atoms with Gasteiger partial charge in [0.1, 0.15) is 17.6 Å². The Morgan fingerprint density at radius 1 is 1.33 bits per heavy atom. The summed E-state index contributed by atoms with van der Waals surface area (Å²) in [5, 5.41) is -1.09. The van der Waals surface area contributed by atoms with Gasteiger partial charge in [-0.25, -0.2) is 0 Å². The van der Waals surface area contributed by atoms with Crippen LogP contribution in [0.1, 0.15) is 0 Å². The van der Waals surface area contributed by atoms with Crippen LogP contribution in [0.15, 0.2) is 30.3 Å². The summed E-state index contributed by atoms with van der Waals surface area (Å²) < 4.78 is 35.5. The molecule has 15 heavy (non-hydrogen) atoms. The molecule has 0 saturated carbocycles. The van der Waals surface area contributed by atoms with E-state index in [-0.39, 0.29) is 13.2 Å². The molecule has 0 aliphatic rings. The molecule has 0 radical (unpaired) electrons. The predicted molar refractivity (Wildman–Crippen MR) is 56.3 cm³/mol. The first-order chi connectivity index (χ1) is 7.04. The van der Waals surface area contributed by atoms with Gasteiger partial charge in [0.2, 0.25) is 0 Å². The van der Waals surface area contributed by atoms with Gasteiger partial charge >= 0.3 is 0 Å². The Kier molecular flexibility index (Phi) is 4.07. The molecule has 1 atom stereocenters. The van der Waals surface area contributed by atoms with Crippen molar-refractivity contribution in [2.75, 3.05) is 13.2 Å². The summed E-state index contributed by atoms with van der Waals surface area (Å²) in [6.07, 6.45) is 0. The lowest BCUT2D eigenvalue weighted by atomic mass is 10.3. The van der Waals surface area contributed by atoms with Crippen molar-refractivity contribution in [1.82, 2.24) is 0 Å². The largest absolute Gasteiger partial charge is 0.492 e. The Balaban J connectivity index is 2.56. The molecule has 1 aromatic carbocycles. The summed E-state index contributed by atoms with van der Waals surface area (Å²) >= 11 is 0. The SMILES string of the molecule is NCC(COc1ccccc1)S(=O)(=O)O. The van der Waals surface area contributed by atoms with E-state index in [2.05, 4.69) is 0 Å². The van der Waals surface area contributed by atoms with Crippen LogP contribution >= 0.6 is 0 Å². The molecule has 84 valence electrons. The van der Waals surface area contributed by atoms with E-state index < -0.39 is 15.4 Å². The molecule has 1 rings (SSSR count). The first-order valence-electron chi connectivity index (χ1n) is 4.38. The van der Waals surface area contributed by atoms with Crippen molar-refractivity contribution >= 4 is 10.1 Å². The molecule has 0 aromatic heterocycles. The minimum Gasteiger partial charge on any atom is -0.492 e. The normalized spacial score (nSPS) is 13.5. The van der Waals surface area contributed by atoms with Gasteiger partial charge in [0, 0.05) is 6.54 Å². The number of hydrogen-bond donors (Lipinski definition) is 2. The van der Waals surface area contributed by atoms with Crippen molar-refractivity contribution in [3.05, 3.63) is 30.3 Å². The molecule has 0 aliphatic carbocycles. The minimum atomic E-state index is -4.14. The summed E-state index contributed by atoms with van der Waals surface area (Å²) in [7, 11) is -4.14. The van der Waals surface area contributed by atoms with Gasteiger partial charge in [0.25, 0.3) is 10.1 Å². The quantitative estimate of drug-likeness (QED) is 0.710. The fourth-order valence-corrected chi connectivity index (χ4v) is 1.46. The average molecular weight is 231 g/mol. The van der Waals surface area contributed by atoms with E-state index in [9.17, 15) is 8.42 Å². The van der Waals surface area contributed by atoms with Crippen LogP contribution in [-0.4, -0.2) is 31.4 Å². The molecule has 6 heteroatoms. The summed E-state index contributed by atoms with van der Waals surface area (Å²) in [5.74, 6) is 0.541. The lowest BCUT2D eigenvalue weighted by molar-refractivity contribution is 0.306. The van der Waals surface area contributed by atoms with Crippen LogP contribution in [0.5, 0.6) is 5.75 Å². The highest BCUT2D eigenvalue weighted by molar-refractivity contribution is 7.86. The average Bonchev–Trinajstić information content (AvgIpc) is 2.18. The van der Waals surface area contributed by atoms with Gasteiger partial charge < -0.3 is 10.5 Å². The van der Waals surface area contributed by atoms with Crippen LogP contribution in [0.4, 0.5) is 0 Å². The number of benzene rings is 1. The molecule has 0 spiro atoms. The molecule has 3 N–H and O–H groups in total. The molecule has 0 bridgehead atoms. The number of rotatable bonds is 5. The van der Waals surface area contributed by atoms with Crippen LogP contribution in [0.3, 0.4) is 0 Å². The van der Waals surface area contributed by atoms with Gasteiger partial charge in [-0.3, -0.25) is 4.55 Å². The molecule has 5 nitrogen and oxygen atoms in total. The molecular formula is C9H13NO4S. The maximum Gasteiger partial charge on any atom is 0.272 e. The zero-order valence-corrected chi connectivity index (χ0v) is 8.85. The van der Waals surface area contributed by atoms with Crippen molar-refractivity contribution in [3.63, 3.8) is 0 Å².